The minimum absolute atomic E-state index is 0.000793. The van der Waals surface area contributed by atoms with Crippen molar-refractivity contribution in [2.75, 3.05) is 9.80 Å². The molecule has 11 aromatic carbocycles. The van der Waals surface area contributed by atoms with Crippen molar-refractivity contribution >= 4 is 148 Å². The van der Waals surface area contributed by atoms with Crippen LogP contribution in [0.15, 0.2) is 212 Å². The number of ether oxygens (including phenoxy) is 4. The molecule has 0 N–H and O–H groups in total. The van der Waals surface area contributed by atoms with Gasteiger partial charge in [0.1, 0.15) is 46.0 Å². The number of rotatable bonds is 1. The Balaban J connectivity index is 0.852. The molecule has 9 heterocycles. The lowest BCUT2D eigenvalue weighted by Crippen LogP contribution is -2.67. The second-order valence-electron chi connectivity index (χ2n) is 21.7. The van der Waals surface area contributed by atoms with E-state index in [1.165, 1.54) is 77.4 Å². The molecule has 77 heavy (non-hydrogen) atoms. The van der Waals surface area contributed by atoms with Crippen molar-refractivity contribution in [1.29, 1.82) is 0 Å². The minimum Gasteiger partial charge on any atom is -0.458 e. The van der Waals surface area contributed by atoms with E-state index in [1.54, 1.807) is 0 Å². The van der Waals surface area contributed by atoms with E-state index in [4.69, 9.17) is 18.9 Å². The number of anilines is 6. The summed E-state index contributed by atoms with van der Waals surface area (Å²) in [6.45, 7) is -0.229. The molecule has 0 saturated carbocycles. The quantitative estimate of drug-likeness (QED) is 0.159. The van der Waals surface area contributed by atoms with E-state index in [-0.39, 0.29) is 26.9 Å². The zero-order valence-corrected chi connectivity index (χ0v) is 41.0. The highest BCUT2D eigenvalue weighted by atomic mass is 16.5. The molecule has 0 aliphatic carbocycles. The third-order valence-electron chi connectivity index (χ3n) is 18.2. The standard InChI is InChI=1S/C66H35B4N3O4/c1-2-16-36(17-3-1)71-51-32-55-45(69-41-20-6-12-26-49(41)72-47-24-10-4-18-39(47)67-43-22-8-14-28-53(43)74-57-34-59(76-55)63(69)65(72)61(57)67)30-37(51)38-31-46-56(33-52(38)71)77-60-35-58-62-66-64(60)70(46)42-21-7-13-27-50(42)73(66)48-25-11-5-19-40(48)68(62)44-23-9-15-29-54(44)75-58/h1-35H. The van der Waals surface area contributed by atoms with Crippen LogP contribution in [-0.2, 0) is 0 Å². The van der Waals surface area contributed by atoms with E-state index in [9.17, 15) is 0 Å². The summed E-state index contributed by atoms with van der Waals surface area (Å²) in [6.07, 6.45) is 0. The first kappa shape index (κ1) is 39.7. The number of benzene rings is 11. The maximum Gasteiger partial charge on any atom is 0.256 e. The Labute approximate surface area is 443 Å². The second-order valence-corrected chi connectivity index (χ2v) is 21.7. The van der Waals surface area contributed by atoms with E-state index in [0.29, 0.717) is 0 Å². The zero-order chi connectivity index (χ0) is 49.5. The number of fused-ring (bicyclic) bond motifs is 23. The van der Waals surface area contributed by atoms with Crippen LogP contribution in [0.3, 0.4) is 0 Å². The SMILES string of the molecule is c1ccc(-n2c3cc4c(cc3c3cc5c(cc32)Oc2cc3c6c7c2B5c2ccccc2N7c2ccccc2B6c2ccccc2O3)B2c3ccccc3N3c5ccccc5B5c6ccccc6Oc6cc(c2c3c65)O4)cc1. The van der Waals surface area contributed by atoms with Crippen LogP contribution in [0.2, 0.25) is 0 Å². The molecule has 0 spiro atoms. The van der Waals surface area contributed by atoms with E-state index in [2.05, 4.69) is 227 Å². The van der Waals surface area contributed by atoms with Crippen LogP contribution in [0.25, 0.3) is 27.5 Å². The lowest BCUT2D eigenvalue weighted by molar-refractivity contribution is 0.465. The summed E-state index contributed by atoms with van der Waals surface area (Å²) < 4.78 is 31.0. The number of aromatic nitrogens is 1. The van der Waals surface area contributed by atoms with Gasteiger partial charge in [-0.3, -0.25) is 0 Å². The maximum atomic E-state index is 7.38. The second kappa shape index (κ2) is 13.8. The molecule has 350 valence electrons. The van der Waals surface area contributed by atoms with Crippen LogP contribution in [0.5, 0.6) is 46.0 Å². The van der Waals surface area contributed by atoms with Crippen molar-refractivity contribution in [3.63, 3.8) is 0 Å². The largest absolute Gasteiger partial charge is 0.458 e. The minimum atomic E-state index is -0.115. The normalized spacial score (nSPS) is 14.8. The van der Waals surface area contributed by atoms with Crippen molar-refractivity contribution in [3.8, 4) is 51.7 Å². The highest BCUT2D eigenvalue weighted by Crippen LogP contribution is 2.49. The Morgan fingerprint density at radius 1 is 0.260 bits per heavy atom. The molecule has 0 saturated heterocycles. The van der Waals surface area contributed by atoms with E-state index < -0.39 is 0 Å². The summed E-state index contributed by atoms with van der Waals surface area (Å²) in [4.78, 5) is 4.98. The predicted molar refractivity (Wildman–Crippen MR) is 315 cm³/mol. The van der Waals surface area contributed by atoms with E-state index in [0.717, 1.165) is 95.8 Å². The highest BCUT2D eigenvalue weighted by Gasteiger charge is 2.53. The maximum absolute atomic E-state index is 7.38. The smallest absolute Gasteiger partial charge is 0.256 e. The first-order valence-electron chi connectivity index (χ1n) is 26.7. The van der Waals surface area contributed by atoms with Gasteiger partial charge in [-0.05, 0) is 114 Å². The Morgan fingerprint density at radius 2 is 0.584 bits per heavy atom. The van der Waals surface area contributed by atoms with Gasteiger partial charge in [0.15, 0.2) is 0 Å². The van der Waals surface area contributed by atoms with Crippen LogP contribution >= 0.6 is 0 Å². The van der Waals surface area contributed by atoms with Gasteiger partial charge in [-0.2, -0.15) is 0 Å². The fourth-order valence-corrected chi connectivity index (χ4v) is 15.3. The van der Waals surface area contributed by atoms with Gasteiger partial charge in [0.25, 0.3) is 26.9 Å². The van der Waals surface area contributed by atoms with E-state index >= 15 is 0 Å². The fraction of sp³-hybridized carbons (Fsp3) is 0. The summed E-state index contributed by atoms with van der Waals surface area (Å²) in [5.74, 6) is 6.77. The summed E-state index contributed by atoms with van der Waals surface area (Å²) in [5.41, 5.74) is 24.7. The molecular weight excluding hydrogens is 942 g/mol. The van der Waals surface area contributed by atoms with Gasteiger partial charge >= 0.3 is 0 Å². The first-order chi connectivity index (χ1) is 38.2. The molecule has 0 amide bonds. The molecular formula is C66H35B4N3O4. The van der Waals surface area contributed by atoms with Crippen LogP contribution in [0.1, 0.15) is 0 Å². The number of nitrogens with zero attached hydrogens (tertiary/aromatic N) is 3. The van der Waals surface area contributed by atoms with Gasteiger partial charge in [0, 0.05) is 74.8 Å². The van der Waals surface area contributed by atoms with Crippen LogP contribution in [0.4, 0.5) is 34.1 Å². The fourth-order valence-electron chi connectivity index (χ4n) is 15.3. The van der Waals surface area contributed by atoms with Gasteiger partial charge in [-0.1, -0.05) is 140 Å². The van der Waals surface area contributed by atoms with Gasteiger partial charge < -0.3 is 33.3 Å². The molecule has 7 nitrogen and oxygen atoms in total. The average molecular weight is 977 g/mol. The zero-order valence-electron chi connectivity index (χ0n) is 41.0. The molecule has 8 aliphatic rings. The molecule has 0 radical (unpaired) electrons. The highest BCUT2D eigenvalue weighted by molar-refractivity contribution is 7.05. The summed E-state index contributed by atoms with van der Waals surface area (Å²) >= 11 is 0. The monoisotopic (exact) mass is 977 g/mol. The number of para-hydroxylation sites is 7. The Bertz CT molecular complexity index is 4510. The van der Waals surface area contributed by atoms with Crippen molar-refractivity contribution in [1.82, 2.24) is 4.57 Å². The topological polar surface area (TPSA) is 48.3 Å². The van der Waals surface area contributed by atoms with E-state index in [1.807, 2.05) is 0 Å². The molecule has 1 aromatic heterocycles. The number of hydrogen-bond acceptors (Lipinski definition) is 6. The third-order valence-corrected chi connectivity index (χ3v) is 18.2. The van der Waals surface area contributed by atoms with Gasteiger partial charge in [0.05, 0.1) is 11.0 Å². The molecule has 0 unspecified atom stereocenters. The summed E-state index contributed by atoms with van der Waals surface area (Å²) in [6, 6.07) is 77.5. The Morgan fingerprint density at radius 3 is 0.987 bits per heavy atom. The third kappa shape index (κ3) is 4.74. The molecule has 20 rings (SSSR count). The molecule has 12 aromatic rings. The molecule has 0 fully saturated rings. The van der Waals surface area contributed by atoms with Crippen LogP contribution in [-0.4, -0.2) is 31.4 Å². The van der Waals surface area contributed by atoms with Crippen molar-refractivity contribution in [2.24, 2.45) is 0 Å². The van der Waals surface area contributed by atoms with Gasteiger partial charge in [0.2, 0.25) is 0 Å². The van der Waals surface area contributed by atoms with Gasteiger partial charge in [-0.25, -0.2) is 0 Å². The predicted octanol–water partition coefficient (Wildman–Crippen LogP) is 7.46. The van der Waals surface area contributed by atoms with Crippen LogP contribution < -0.4 is 94.3 Å². The van der Waals surface area contributed by atoms with Crippen molar-refractivity contribution < 1.29 is 18.9 Å². The molecule has 8 aliphatic heterocycles. The summed E-state index contributed by atoms with van der Waals surface area (Å²) in [5, 5.41) is 2.32. The molecule has 11 heteroatoms. The summed E-state index contributed by atoms with van der Waals surface area (Å²) in [7, 11) is 0. The van der Waals surface area contributed by atoms with Crippen molar-refractivity contribution in [3.05, 3.63) is 212 Å². The lowest BCUT2D eigenvalue weighted by Gasteiger charge is -2.47. The lowest BCUT2D eigenvalue weighted by atomic mass is 9.29. The first-order valence-corrected chi connectivity index (χ1v) is 26.7. The van der Waals surface area contributed by atoms with Gasteiger partial charge in [-0.15, -0.1) is 0 Å². The molecule has 0 bridgehead atoms. The average Bonchev–Trinajstić information content (AvgIpc) is 3.75. The molecule has 0 atom stereocenters. The van der Waals surface area contributed by atoms with Crippen molar-refractivity contribution in [2.45, 2.75) is 0 Å². The van der Waals surface area contributed by atoms with Crippen LogP contribution in [0, 0.1) is 0 Å². The Hall–Kier alpha value is -9.72. The number of hydrogen-bond donors (Lipinski definition) is 0. The Kier molecular flexibility index (Phi) is 7.09.